The van der Waals surface area contributed by atoms with Crippen LogP contribution < -0.4 is 10.0 Å². The molecule has 164 valence electrons. The largest absolute Gasteiger partial charge is 0.370 e. The Morgan fingerprint density at radius 1 is 1.27 bits per heavy atom. The first-order valence-electron chi connectivity index (χ1n) is 9.53. The van der Waals surface area contributed by atoms with E-state index in [4.69, 9.17) is 4.74 Å². The summed E-state index contributed by atoms with van der Waals surface area (Å²) in [6, 6.07) is 11.3. The predicted molar refractivity (Wildman–Crippen MR) is 128 cm³/mol. The molecule has 1 unspecified atom stereocenters. The first-order chi connectivity index (χ1) is 14.0. The standard InChI is InChI=1S/C20H27N5O3S.HI/c1-16-6-3-4-8-18(16)19-15-25(12-13-28-19)20(21-2)23-10-11-24-29(26,27)17-7-5-9-22-14-17;/h3-9,14,19,24H,10-13,15H2,1-2H3,(H,21,23);1H. The fourth-order valence-electron chi connectivity index (χ4n) is 3.26. The highest BCUT2D eigenvalue weighted by Crippen LogP contribution is 2.24. The Balaban J connectivity index is 0.00000320. The normalized spacial score (nSPS) is 17.3. The van der Waals surface area contributed by atoms with Gasteiger partial charge in [0, 0.05) is 39.1 Å². The van der Waals surface area contributed by atoms with Crippen LogP contribution in [0.4, 0.5) is 0 Å². The molecular formula is C20H28IN5O3S. The summed E-state index contributed by atoms with van der Waals surface area (Å²) in [4.78, 5) is 10.5. The van der Waals surface area contributed by atoms with E-state index in [-0.39, 0.29) is 41.5 Å². The van der Waals surface area contributed by atoms with Crippen LogP contribution in [0.3, 0.4) is 0 Å². The second kappa shape index (κ2) is 11.6. The Labute approximate surface area is 195 Å². The predicted octanol–water partition coefficient (Wildman–Crippen LogP) is 1.94. The van der Waals surface area contributed by atoms with E-state index in [0.717, 1.165) is 12.5 Å². The third-order valence-corrected chi connectivity index (χ3v) is 6.20. The Morgan fingerprint density at radius 2 is 2.07 bits per heavy atom. The number of rotatable bonds is 6. The Hall–Kier alpha value is -1.76. The number of aryl methyl sites for hydroxylation is 1. The van der Waals surface area contributed by atoms with Gasteiger partial charge in [0.25, 0.3) is 0 Å². The molecule has 1 aromatic heterocycles. The Kier molecular flexibility index (Phi) is 9.46. The van der Waals surface area contributed by atoms with Gasteiger partial charge in [-0.15, -0.1) is 24.0 Å². The lowest BCUT2D eigenvalue weighted by atomic mass is 10.0. The van der Waals surface area contributed by atoms with Crippen molar-refractivity contribution < 1.29 is 13.2 Å². The second-order valence-corrected chi connectivity index (χ2v) is 8.49. The Bertz CT molecular complexity index is 940. The molecule has 1 aliphatic heterocycles. The number of aliphatic imine (C=N–C) groups is 1. The molecule has 0 amide bonds. The number of benzene rings is 1. The highest BCUT2D eigenvalue weighted by Gasteiger charge is 2.25. The first-order valence-corrected chi connectivity index (χ1v) is 11.0. The molecule has 8 nitrogen and oxygen atoms in total. The van der Waals surface area contributed by atoms with E-state index < -0.39 is 10.0 Å². The summed E-state index contributed by atoms with van der Waals surface area (Å²) in [5.41, 5.74) is 2.38. The summed E-state index contributed by atoms with van der Waals surface area (Å²) in [5, 5.41) is 3.23. The van der Waals surface area contributed by atoms with Gasteiger partial charge in [-0.3, -0.25) is 9.98 Å². The van der Waals surface area contributed by atoms with Crippen LogP contribution in [0.2, 0.25) is 0 Å². The van der Waals surface area contributed by atoms with Crippen LogP contribution in [0.15, 0.2) is 58.7 Å². The number of guanidine groups is 1. The van der Waals surface area contributed by atoms with Gasteiger partial charge < -0.3 is 15.0 Å². The van der Waals surface area contributed by atoms with Crippen molar-refractivity contribution in [2.45, 2.75) is 17.9 Å². The molecule has 0 radical (unpaired) electrons. The second-order valence-electron chi connectivity index (χ2n) is 6.72. The number of morpholine rings is 1. The minimum atomic E-state index is -3.57. The third kappa shape index (κ3) is 6.37. The number of hydrogen-bond donors (Lipinski definition) is 2. The molecular weight excluding hydrogens is 517 g/mol. The van der Waals surface area contributed by atoms with Crippen LogP contribution in [0.5, 0.6) is 0 Å². The monoisotopic (exact) mass is 545 g/mol. The zero-order chi connectivity index (χ0) is 20.7. The molecule has 2 N–H and O–H groups in total. The average Bonchev–Trinajstić information content (AvgIpc) is 2.75. The van der Waals surface area contributed by atoms with E-state index in [0.29, 0.717) is 19.7 Å². The molecule has 2 heterocycles. The molecule has 10 heteroatoms. The van der Waals surface area contributed by atoms with Gasteiger partial charge in [-0.1, -0.05) is 24.3 Å². The zero-order valence-electron chi connectivity index (χ0n) is 17.1. The number of nitrogens with one attached hydrogen (secondary N) is 2. The van der Waals surface area contributed by atoms with Crippen LogP contribution in [-0.4, -0.2) is 64.1 Å². The van der Waals surface area contributed by atoms with Crippen LogP contribution in [0, 0.1) is 6.92 Å². The number of nitrogens with zero attached hydrogens (tertiary/aromatic N) is 3. The van der Waals surface area contributed by atoms with Gasteiger partial charge in [0.2, 0.25) is 10.0 Å². The number of hydrogen-bond acceptors (Lipinski definition) is 5. The van der Waals surface area contributed by atoms with E-state index in [1.807, 2.05) is 12.1 Å². The van der Waals surface area contributed by atoms with Gasteiger partial charge in [-0.05, 0) is 30.2 Å². The number of ether oxygens (including phenoxy) is 1. The lowest BCUT2D eigenvalue weighted by Gasteiger charge is -2.35. The number of halogens is 1. The molecule has 0 spiro atoms. The maximum absolute atomic E-state index is 12.2. The van der Waals surface area contributed by atoms with Crippen molar-refractivity contribution in [3.8, 4) is 0 Å². The van der Waals surface area contributed by atoms with E-state index in [1.54, 1.807) is 13.1 Å². The van der Waals surface area contributed by atoms with Crippen LogP contribution in [0.25, 0.3) is 0 Å². The third-order valence-electron chi connectivity index (χ3n) is 4.76. The summed E-state index contributed by atoms with van der Waals surface area (Å²) in [6.07, 6.45) is 2.85. The summed E-state index contributed by atoms with van der Waals surface area (Å²) in [7, 11) is -1.84. The van der Waals surface area contributed by atoms with Crippen LogP contribution in [0.1, 0.15) is 17.2 Å². The highest BCUT2D eigenvalue weighted by atomic mass is 127. The Morgan fingerprint density at radius 3 is 2.77 bits per heavy atom. The van der Waals surface area contributed by atoms with E-state index in [1.165, 1.54) is 29.6 Å². The van der Waals surface area contributed by atoms with E-state index in [9.17, 15) is 8.42 Å². The van der Waals surface area contributed by atoms with Gasteiger partial charge in [0.1, 0.15) is 11.0 Å². The van der Waals surface area contributed by atoms with Crippen molar-refractivity contribution in [3.63, 3.8) is 0 Å². The quantitative estimate of drug-likeness (QED) is 0.250. The fraction of sp³-hybridized carbons (Fsp3) is 0.400. The zero-order valence-corrected chi connectivity index (χ0v) is 20.3. The molecule has 0 bridgehead atoms. The summed E-state index contributed by atoms with van der Waals surface area (Å²) < 4.78 is 33.0. The van der Waals surface area contributed by atoms with Crippen molar-refractivity contribution in [2.75, 3.05) is 39.8 Å². The van der Waals surface area contributed by atoms with Crippen molar-refractivity contribution >= 4 is 40.0 Å². The van der Waals surface area contributed by atoms with Crippen molar-refractivity contribution in [1.29, 1.82) is 0 Å². The molecule has 1 atom stereocenters. The molecule has 30 heavy (non-hydrogen) atoms. The first kappa shape index (κ1) is 24.5. The van der Waals surface area contributed by atoms with Crippen LogP contribution >= 0.6 is 24.0 Å². The summed E-state index contributed by atoms with van der Waals surface area (Å²) in [5.74, 6) is 0.729. The molecule has 3 rings (SSSR count). The summed E-state index contributed by atoms with van der Waals surface area (Å²) >= 11 is 0. The van der Waals surface area contributed by atoms with Gasteiger partial charge in [0.15, 0.2) is 5.96 Å². The molecule has 2 aromatic rings. The average molecular weight is 545 g/mol. The molecule has 1 saturated heterocycles. The maximum Gasteiger partial charge on any atom is 0.242 e. The highest BCUT2D eigenvalue weighted by molar-refractivity contribution is 14.0. The minimum absolute atomic E-state index is 0. The summed E-state index contributed by atoms with van der Waals surface area (Å²) in [6.45, 7) is 4.75. The van der Waals surface area contributed by atoms with Crippen molar-refractivity contribution in [2.24, 2.45) is 4.99 Å². The smallest absolute Gasteiger partial charge is 0.242 e. The van der Waals surface area contributed by atoms with Gasteiger partial charge in [0.05, 0.1) is 13.2 Å². The molecule has 1 aliphatic rings. The maximum atomic E-state index is 12.2. The van der Waals surface area contributed by atoms with Crippen molar-refractivity contribution in [1.82, 2.24) is 19.9 Å². The topological polar surface area (TPSA) is 95.9 Å². The van der Waals surface area contributed by atoms with E-state index >= 15 is 0 Å². The van der Waals surface area contributed by atoms with Crippen molar-refractivity contribution in [3.05, 3.63) is 59.9 Å². The lowest BCUT2D eigenvalue weighted by Crippen LogP contribution is -2.49. The van der Waals surface area contributed by atoms with Gasteiger partial charge in [-0.2, -0.15) is 0 Å². The van der Waals surface area contributed by atoms with E-state index in [2.05, 4.69) is 44.0 Å². The number of pyridine rings is 1. The molecule has 1 aromatic carbocycles. The molecule has 0 aliphatic carbocycles. The minimum Gasteiger partial charge on any atom is -0.370 e. The fourth-order valence-corrected chi connectivity index (χ4v) is 4.25. The molecule has 1 fully saturated rings. The number of aromatic nitrogens is 1. The number of sulfonamides is 1. The molecule has 0 saturated carbocycles. The van der Waals surface area contributed by atoms with Gasteiger partial charge >= 0.3 is 0 Å². The van der Waals surface area contributed by atoms with Crippen LogP contribution in [-0.2, 0) is 14.8 Å². The lowest BCUT2D eigenvalue weighted by molar-refractivity contribution is -0.00828. The van der Waals surface area contributed by atoms with Gasteiger partial charge in [-0.25, -0.2) is 13.1 Å². The SMILES string of the molecule is CN=C(NCCNS(=O)(=O)c1cccnc1)N1CCOC(c2ccccc2C)C1.I.